The van der Waals surface area contributed by atoms with Crippen LogP contribution >= 0.6 is 15.9 Å². The van der Waals surface area contributed by atoms with Crippen LogP contribution in [-0.4, -0.2) is 58.4 Å². The molecule has 0 aliphatic heterocycles. The second-order valence-electron chi connectivity index (χ2n) is 4.31. The van der Waals surface area contributed by atoms with Crippen molar-refractivity contribution < 1.29 is 23.0 Å². The first-order valence-corrected chi connectivity index (χ1v) is 8.58. The van der Waals surface area contributed by atoms with E-state index in [1.165, 1.54) is 24.6 Å². The van der Waals surface area contributed by atoms with Crippen molar-refractivity contribution >= 4 is 26.0 Å². The molecular weight excluding hydrogens is 362 g/mol. The number of methoxy groups -OCH3 is 2. The molecule has 1 aromatic rings. The van der Waals surface area contributed by atoms with Crippen LogP contribution in [0.1, 0.15) is 5.56 Å². The Morgan fingerprint density at radius 1 is 1.19 bits per heavy atom. The summed E-state index contributed by atoms with van der Waals surface area (Å²) in [4.78, 5) is 0.159. The van der Waals surface area contributed by atoms with Gasteiger partial charge < -0.3 is 14.6 Å². The Balaban J connectivity index is 3.08. The predicted molar refractivity (Wildman–Crippen MR) is 82.6 cm³/mol. The fourth-order valence-corrected chi connectivity index (χ4v) is 4.22. The number of aliphatic hydroxyl groups is 1. The maximum Gasteiger partial charge on any atom is 0.244 e. The molecule has 120 valence electrons. The van der Waals surface area contributed by atoms with Crippen molar-refractivity contribution in [3.8, 4) is 0 Å². The molecule has 21 heavy (non-hydrogen) atoms. The number of benzene rings is 1. The van der Waals surface area contributed by atoms with Crippen LogP contribution in [0.2, 0.25) is 0 Å². The highest BCUT2D eigenvalue weighted by Crippen LogP contribution is 2.26. The van der Waals surface area contributed by atoms with Crippen LogP contribution in [-0.2, 0) is 26.1 Å². The molecule has 0 saturated heterocycles. The van der Waals surface area contributed by atoms with Gasteiger partial charge in [0.1, 0.15) is 0 Å². The van der Waals surface area contributed by atoms with Gasteiger partial charge in [-0.05, 0) is 33.6 Å². The highest BCUT2D eigenvalue weighted by atomic mass is 79.9. The van der Waals surface area contributed by atoms with Crippen molar-refractivity contribution in [2.75, 3.05) is 40.5 Å². The molecule has 1 aromatic carbocycles. The van der Waals surface area contributed by atoms with Gasteiger partial charge in [0.15, 0.2) is 0 Å². The summed E-state index contributed by atoms with van der Waals surface area (Å²) < 4.78 is 37.0. The molecule has 6 nitrogen and oxygen atoms in total. The highest BCUT2D eigenvalue weighted by molar-refractivity contribution is 9.10. The largest absolute Gasteiger partial charge is 0.392 e. The molecule has 0 aromatic heterocycles. The lowest BCUT2D eigenvalue weighted by molar-refractivity contribution is 0.150. The van der Waals surface area contributed by atoms with E-state index in [0.717, 1.165) is 0 Å². The number of ether oxygens (including phenoxy) is 2. The summed E-state index contributed by atoms with van der Waals surface area (Å²) in [5.41, 5.74) is 0.640. The van der Waals surface area contributed by atoms with Crippen LogP contribution in [0.25, 0.3) is 0 Å². The maximum atomic E-state index is 12.7. The zero-order valence-electron chi connectivity index (χ0n) is 12.1. The minimum absolute atomic E-state index is 0.143. The lowest BCUT2D eigenvalue weighted by atomic mass is 10.2. The summed E-state index contributed by atoms with van der Waals surface area (Å²) >= 11 is 3.25. The Morgan fingerprint density at radius 2 is 1.76 bits per heavy atom. The van der Waals surface area contributed by atoms with Gasteiger partial charge in [-0.25, -0.2) is 8.42 Å². The number of aliphatic hydroxyl groups excluding tert-OH is 1. The van der Waals surface area contributed by atoms with Crippen LogP contribution in [0.15, 0.2) is 27.6 Å². The van der Waals surface area contributed by atoms with E-state index in [4.69, 9.17) is 14.6 Å². The van der Waals surface area contributed by atoms with Crippen LogP contribution < -0.4 is 0 Å². The van der Waals surface area contributed by atoms with E-state index >= 15 is 0 Å². The average molecular weight is 382 g/mol. The molecule has 0 unspecified atom stereocenters. The lowest BCUT2D eigenvalue weighted by Crippen LogP contribution is -2.36. The molecular formula is C13H20BrNO5S. The van der Waals surface area contributed by atoms with Crippen LogP contribution in [0.4, 0.5) is 0 Å². The minimum atomic E-state index is -3.66. The SMILES string of the molecule is COCCN(CCOC)S(=O)(=O)c1ccc(CO)cc1Br. The molecule has 1 N–H and O–H groups in total. The maximum absolute atomic E-state index is 12.7. The van der Waals surface area contributed by atoms with E-state index in [0.29, 0.717) is 23.2 Å². The standard InChI is InChI=1S/C13H20BrNO5S/c1-19-7-5-15(6-8-20-2)21(17,18)13-4-3-11(10-16)9-12(13)14/h3-4,9,16H,5-8,10H2,1-2H3. The monoisotopic (exact) mass is 381 g/mol. The van der Waals surface area contributed by atoms with Crippen molar-refractivity contribution in [1.29, 1.82) is 0 Å². The Bertz CT molecular complexity index is 541. The van der Waals surface area contributed by atoms with Crippen LogP contribution in [0, 0.1) is 0 Å². The Kier molecular flexibility index (Phi) is 7.78. The average Bonchev–Trinajstić information content (AvgIpc) is 2.46. The van der Waals surface area contributed by atoms with Gasteiger partial charge in [-0.15, -0.1) is 0 Å². The summed E-state index contributed by atoms with van der Waals surface area (Å²) in [7, 11) is -0.615. The van der Waals surface area contributed by atoms with E-state index in [1.54, 1.807) is 12.1 Å². The molecule has 0 fully saturated rings. The molecule has 0 radical (unpaired) electrons. The fraction of sp³-hybridized carbons (Fsp3) is 0.538. The third-order valence-electron chi connectivity index (χ3n) is 2.89. The molecule has 1 rings (SSSR count). The summed E-state index contributed by atoms with van der Waals surface area (Å²) in [6.07, 6.45) is 0. The highest BCUT2D eigenvalue weighted by Gasteiger charge is 2.26. The van der Waals surface area contributed by atoms with E-state index in [9.17, 15) is 8.42 Å². The van der Waals surface area contributed by atoms with Gasteiger partial charge >= 0.3 is 0 Å². The molecule has 0 heterocycles. The Hall–Kier alpha value is -0.510. The van der Waals surface area contributed by atoms with Crippen molar-refractivity contribution in [3.63, 3.8) is 0 Å². The van der Waals surface area contributed by atoms with Crippen molar-refractivity contribution in [2.24, 2.45) is 0 Å². The Labute approximate surface area is 133 Å². The smallest absolute Gasteiger partial charge is 0.244 e. The second-order valence-corrected chi connectivity index (χ2v) is 7.07. The minimum Gasteiger partial charge on any atom is -0.392 e. The zero-order valence-corrected chi connectivity index (χ0v) is 14.5. The number of nitrogens with zero attached hydrogens (tertiary/aromatic N) is 1. The summed E-state index contributed by atoms with van der Waals surface area (Å²) in [6.45, 7) is 0.952. The van der Waals surface area contributed by atoms with E-state index < -0.39 is 10.0 Å². The lowest BCUT2D eigenvalue weighted by Gasteiger charge is -2.22. The van der Waals surface area contributed by atoms with Crippen molar-refractivity contribution in [2.45, 2.75) is 11.5 Å². The number of sulfonamides is 1. The zero-order chi connectivity index (χ0) is 15.9. The van der Waals surface area contributed by atoms with Gasteiger partial charge in [-0.3, -0.25) is 0 Å². The number of halogens is 1. The van der Waals surface area contributed by atoms with Gasteiger partial charge in [0.05, 0.1) is 24.7 Å². The van der Waals surface area contributed by atoms with Gasteiger partial charge in [-0.1, -0.05) is 6.07 Å². The number of hydrogen-bond donors (Lipinski definition) is 1. The predicted octanol–water partition coefficient (Wildman–Crippen LogP) is 1.22. The Morgan fingerprint density at radius 3 is 2.19 bits per heavy atom. The quantitative estimate of drug-likeness (QED) is 0.695. The fourth-order valence-electron chi connectivity index (χ4n) is 1.73. The number of rotatable bonds is 9. The normalized spacial score (nSPS) is 12.0. The first-order valence-electron chi connectivity index (χ1n) is 6.34. The molecule has 0 aliphatic carbocycles. The van der Waals surface area contributed by atoms with E-state index in [1.807, 2.05) is 0 Å². The topological polar surface area (TPSA) is 76.1 Å². The first-order chi connectivity index (χ1) is 9.97. The van der Waals surface area contributed by atoms with Crippen LogP contribution in [0.3, 0.4) is 0 Å². The summed E-state index contributed by atoms with van der Waals surface area (Å²) in [5.74, 6) is 0. The third-order valence-corrected chi connectivity index (χ3v) is 5.76. The molecule has 0 atom stereocenters. The molecule has 0 amide bonds. The summed E-state index contributed by atoms with van der Waals surface area (Å²) in [6, 6.07) is 4.66. The first kappa shape index (κ1) is 18.5. The molecule has 0 aliphatic rings. The molecule has 8 heteroatoms. The van der Waals surface area contributed by atoms with Crippen molar-refractivity contribution in [1.82, 2.24) is 4.31 Å². The molecule has 0 saturated carbocycles. The number of hydrogen-bond acceptors (Lipinski definition) is 5. The van der Waals surface area contributed by atoms with E-state index in [-0.39, 0.29) is 24.6 Å². The van der Waals surface area contributed by atoms with Gasteiger partial charge in [0, 0.05) is 31.8 Å². The van der Waals surface area contributed by atoms with Gasteiger partial charge in [0.2, 0.25) is 10.0 Å². The van der Waals surface area contributed by atoms with Gasteiger partial charge in [0.25, 0.3) is 0 Å². The summed E-state index contributed by atoms with van der Waals surface area (Å²) in [5, 5.41) is 9.08. The second kappa shape index (κ2) is 8.82. The van der Waals surface area contributed by atoms with E-state index in [2.05, 4.69) is 15.9 Å². The van der Waals surface area contributed by atoms with Crippen LogP contribution in [0.5, 0.6) is 0 Å². The van der Waals surface area contributed by atoms with Gasteiger partial charge in [-0.2, -0.15) is 4.31 Å². The molecule has 0 bridgehead atoms. The third kappa shape index (κ3) is 5.01. The van der Waals surface area contributed by atoms with Crippen molar-refractivity contribution in [3.05, 3.63) is 28.2 Å². The molecule has 0 spiro atoms.